The summed E-state index contributed by atoms with van der Waals surface area (Å²) in [5.41, 5.74) is 0.210. The fourth-order valence-corrected chi connectivity index (χ4v) is 0.700. The number of hydrogen-bond donors (Lipinski definition) is 2. The standard InChI is InChI=1S/C7H6F3N.CH4O/c1-11-4-2-5(8)7(10)6(9)3-4;1-2/h2-3,11H,1H3;2H,1H3. The minimum absolute atomic E-state index is 0.210. The van der Waals surface area contributed by atoms with Gasteiger partial charge in [-0.2, -0.15) is 0 Å². The molecule has 0 heterocycles. The van der Waals surface area contributed by atoms with Crippen molar-refractivity contribution in [2.75, 3.05) is 19.5 Å². The quantitative estimate of drug-likeness (QED) is 0.666. The van der Waals surface area contributed by atoms with E-state index < -0.39 is 17.5 Å². The zero-order valence-electron chi connectivity index (χ0n) is 7.24. The Kier molecular flexibility index (Phi) is 4.91. The van der Waals surface area contributed by atoms with E-state index in [4.69, 9.17) is 5.11 Å². The average molecular weight is 193 g/mol. The van der Waals surface area contributed by atoms with Gasteiger partial charge in [-0.05, 0) is 0 Å². The molecule has 0 unspecified atom stereocenters. The summed E-state index contributed by atoms with van der Waals surface area (Å²) < 4.78 is 37.0. The Morgan fingerprint density at radius 1 is 1.08 bits per heavy atom. The Morgan fingerprint density at radius 2 is 1.46 bits per heavy atom. The first-order valence-corrected chi connectivity index (χ1v) is 3.42. The van der Waals surface area contributed by atoms with Gasteiger partial charge in [0.05, 0.1) is 0 Å². The molecule has 13 heavy (non-hydrogen) atoms. The predicted molar refractivity (Wildman–Crippen MR) is 44.0 cm³/mol. The Labute approximate surface area is 74.0 Å². The fourth-order valence-electron chi connectivity index (χ4n) is 0.700. The van der Waals surface area contributed by atoms with Gasteiger partial charge in [0, 0.05) is 32.0 Å². The Hall–Kier alpha value is -1.23. The minimum Gasteiger partial charge on any atom is -0.400 e. The molecule has 0 fully saturated rings. The van der Waals surface area contributed by atoms with Crippen molar-refractivity contribution in [1.82, 2.24) is 0 Å². The van der Waals surface area contributed by atoms with Crippen LogP contribution in [0.15, 0.2) is 12.1 Å². The Balaban J connectivity index is 0.000000671. The van der Waals surface area contributed by atoms with Gasteiger partial charge in [0.25, 0.3) is 0 Å². The predicted octanol–water partition coefficient (Wildman–Crippen LogP) is 1.75. The molecule has 0 saturated heterocycles. The second kappa shape index (κ2) is 5.42. The van der Waals surface area contributed by atoms with Crippen molar-refractivity contribution in [3.05, 3.63) is 29.6 Å². The summed E-state index contributed by atoms with van der Waals surface area (Å²) in [6, 6.07) is 1.77. The highest BCUT2D eigenvalue weighted by molar-refractivity contribution is 5.43. The van der Waals surface area contributed by atoms with Crippen molar-refractivity contribution in [3.8, 4) is 0 Å². The molecule has 0 amide bonds. The lowest BCUT2D eigenvalue weighted by molar-refractivity contribution is 0.399. The third-order valence-electron chi connectivity index (χ3n) is 1.27. The van der Waals surface area contributed by atoms with Crippen LogP contribution in [0.5, 0.6) is 0 Å². The van der Waals surface area contributed by atoms with Crippen LogP contribution in [-0.4, -0.2) is 19.3 Å². The number of halogens is 3. The van der Waals surface area contributed by atoms with Gasteiger partial charge in [0.15, 0.2) is 17.5 Å². The normalized spacial score (nSPS) is 8.77. The number of nitrogens with one attached hydrogen (secondary N) is 1. The first-order valence-electron chi connectivity index (χ1n) is 3.42. The van der Waals surface area contributed by atoms with Gasteiger partial charge in [-0.3, -0.25) is 0 Å². The Morgan fingerprint density at radius 3 is 1.77 bits per heavy atom. The first-order chi connectivity index (χ1) is 6.15. The SMILES string of the molecule is CNc1cc(F)c(F)c(F)c1.CO. The topological polar surface area (TPSA) is 32.3 Å². The van der Waals surface area contributed by atoms with Gasteiger partial charge in [0.1, 0.15) is 0 Å². The van der Waals surface area contributed by atoms with E-state index in [1.54, 1.807) is 0 Å². The second-order valence-electron chi connectivity index (χ2n) is 2.00. The molecule has 0 atom stereocenters. The Bertz CT molecular complexity index is 255. The van der Waals surface area contributed by atoms with Crippen LogP contribution in [-0.2, 0) is 0 Å². The van der Waals surface area contributed by atoms with Crippen LogP contribution in [0.1, 0.15) is 0 Å². The number of rotatable bonds is 1. The van der Waals surface area contributed by atoms with Crippen molar-refractivity contribution in [3.63, 3.8) is 0 Å². The maximum atomic E-state index is 12.4. The molecule has 2 N–H and O–H groups in total. The monoisotopic (exact) mass is 193 g/mol. The van der Waals surface area contributed by atoms with Gasteiger partial charge in [-0.25, -0.2) is 13.2 Å². The molecule has 1 aromatic carbocycles. The largest absolute Gasteiger partial charge is 0.400 e. The van der Waals surface area contributed by atoms with Crippen molar-refractivity contribution in [2.45, 2.75) is 0 Å². The lowest BCUT2D eigenvalue weighted by Gasteiger charge is -2.00. The first kappa shape index (κ1) is 11.8. The van der Waals surface area contributed by atoms with E-state index >= 15 is 0 Å². The highest BCUT2D eigenvalue weighted by Gasteiger charge is 2.08. The number of aliphatic hydroxyl groups excluding tert-OH is 1. The van der Waals surface area contributed by atoms with Crippen LogP contribution >= 0.6 is 0 Å². The summed E-state index contributed by atoms with van der Waals surface area (Å²) in [6.07, 6.45) is 0. The molecule has 0 saturated carbocycles. The molecule has 5 heteroatoms. The van der Waals surface area contributed by atoms with Crippen molar-refractivity contribution >= 4 is 5.69 Å². The van der Waals surface area contributed by atoms with Gasteiger partial charge >= 0.3 is 0 Å². The molecular formula is C8H10F3NO. The highest BCUT2D eigenvalue weighted by Crippen LogP contribution is 2.16. The van der Waals surface area contributed by atoms with E-state index in [2.05, 4.69) is 5.32 Å². The lowest BCUT2D eigenvalue weighted by Crippen LogP contribution is -1.95. The van der Waals surface area contributed by atoms with Gasteiger partial charge < -0.3 is 10.4 Å². The molecule has 0 aliphatic rings. The molecule has 0 radical (unpaired) electrons. The van der Waals surface area contributed by atoms with E-state index in [1.807, 2.05) is 0 Å². The summed E-state index contributed by atoms with van der Waals surface area (Å²) in [4.78, 5) is 0. The molecule has 0 aliphatic carbocycles. The highest BCUT2D eigenvalue weighted by atomic mass is 19.2. The molecule has 1 aromatic rings. The lowest BCUT2D eigenvalue weighted by atomic mass is 10.3. The summed E-state index contributed by atoms with van der Waals surface area (Å²) >= 11 is 0. The molecule has 0 spiro atoms. The zero-order chi connectivity index (χ0) is 10.4. The molecule has 0 bridgehead atoms. The fraction of sp³-hybridized carbons (Fsp3) is 0.250. The van der Waals surface area contributed by atoms with E-state index in [-0.39, 0.29) is 5.69 Å². The van der Waals surface area contributed by atoms with Crippen LogP contribution in [0.3, 0.4) is 0 Å². The van der Waals surface area contributed by atoms with E-state index in [9.17, 15) is 13.2 Å². The molecule has 0 aliphatic heterocycles. The molecular weight excluding hydrogens is 183 g/mol. The third kappa shape index (κ3) is 2.95. The average Bonchev–Trinajstić information content (AvgIpc) is 2.16. The van der Waals surface area contributed by atoms with Crippen LogP contribution in [0.2, 0.25) is 0 Å². The van der Waals surface area contributed by atoms with E-state index in [1.165, 1.54) is 7.05 Å². The van der Waals surface area contributed by atoms with Gasteiger partial charge in [-0.15, -0.1) is 0 Å². The second-order valence-corrected chi connectivity index (χ2v) is 2.00. The van der Waals surface area contributed by atoms with Gasteiger partial charge in [-0.1, -0.05) is 0 Å². The molecule has 74 valence electrons. The summed E-state index contributed by atoms with van der Waals surface area (Å²) in [5.74, 6) is -3.81. The number of anilines is 1. The van der Waals surface area contributed by atoms with Crippen LogP contribution in [0.4, 0.5) is 18.9 Å². The summed E-state index contributed by atoms with van der Waals surface area (Å²) in [5, 5.41) is 9.49. The van der Waals surface area contributed by atoms with Crippen molar-refractivity contribution in [1.29, 1.82) is 0 Å². The third-order valence-corrected chi connectivity index (χ3v) is 1.27. The molecule has 0 aromatic heterocycles. The maximum Gasteiger partial charge on any atom is 0.194 e. The smallest absolute Gasteiger partial charge is 0.194 e. The van der Waals surface area contributed by atoms with Crippen molar-refractivity contribution < 1.29 is 18.3 Å². The van der Waals surface area contributed by atoms with Crippen LogP contribution < -0.4 is 5.32 Å². The van der Waals surface area contributed by atoms with Crippen LogP contribution in [0.25, 0.3) is 0 Å². The van der Waals surface area contributed by atoms with Gasteiger partial charge in [0.2, 0.25) is 0 Å². The van der Waals surface area contributed by atoms with Crippen molar-refractivity contribution in [2.24, 2.45) is 0 Å². The zero-order valence-corrected chi connectivity index (χ0v) is 7.24. The number of benzene rings is 1. The van der Waals surface area contributed by atoms with E-state index in [0.29, 0.717) is 0 Å². The van der Waals surface area contributed by atoms with E-state index in [0.717, 1.165) is 19.2 Å². The number of hydrogen-bond acceptors (Lipinski definition) is 2. The molecule has 2 nitrogen and oxygen atoms in total. The molecule has 1 rings (SSSR count). The van der Waals surface area contributed by atoms with Crippen LogP contribution in [0, 0.1) is 17.5 Å². The summed E-state index contributed by atoms with van der Waals surface area (Å²) in [6.45, 7) is 0. The number of aliphatic hydroxyl groups is 1. The summed E-state index contributed by atoms with van der Waals surface area (Å²) in [7, 11) is 2.49. The maximum absolute atomic E-state index is 12.4. The minimum atomic E-state index is -1.44.